The van der Waals surface area contributed by atoms with E-state index < -0.39 is 4.92 Å². The zero-order valence-corrected chi connectivity index (χ0v) is 11.5. The van der Waals surface area contributed by atoms with Gasteiger partial charge < -0.3 is 4.74 Å². The van der Waals surface area contributed by atoms with Crippen LogP contribution in [0.1, 0.15) is 31.9 Å². The van der Waals surface area contributed by atoms with Crippen molar-refractivity contribution in [2.45, 2.75) is 31.0 Å². The summed E-state index contributed by atoms with van der Waals surface area (Å²) >= 11 is 3.48. The van der Waals surface area contributed by atoms with Gasteiger partial charge in [0.1, 0.15) is 12.0 Å². The van der Waals surface area contributed by atoms with E-state index in [-0.39, 0.29) is 22.3 Å². The van der Waals surface area contributed by atoms with Crippen molar-refractivity contribution in [1.29, 1.82) is 0 Å². The Morgan fingerprint density at radius 2 is 2.24 bits per heavy atom. The van der Waals surface area contributed by atoms with Crippen molar-refractivity contribution in [1.82, 2.24) is 9.97 Å². The number of nitrogens with zero attached hydrogens (tertiary/aromatic N) is 3. The second-order valence-corrected chi connectivity index (χ2v) is 4.76. The first-order valence-corrected chi connectivity index (χ1v) is 6.11. The Bertz CT molecular complexity index is 414. The van der Waals surface area contributed by atoms with E-state index in [4.69, 9.17) is 4.74 Å². The van der Waals surface area contributed by atoms with Crippen LogP contribution in [0.2, 0.25) is 0 Å². The molecule has 7 heteroatoms. The Hall–Kier alpha value is -1.24. The average molecular weight is 304 g/mol. The number of aromatic nitrogens is 2. The van der Waals surface area contributed by atoms with Crippen LogP contribution in [0.25, 0.3) is 0 Å². The fourth-order valence-electron chi connectivity index (χ4n) is 1.55. The number of rotatable bonds is 5. The number of hydrogen-bond donors (Lipinski definition) is 0. The summed E-state index contributed by atoms with van der Waals surface area (Å²) in [6.07, 6.45) is 2.14. The summed E-state index contributed by atoms with van der Waals surface area (Å²) in [5.41, 5.74) is 0.242. The maximum absolute atomic E-state index is 11.0. The van der Waals surface area contributed by atoms with Gasteiger partial charge in [-0.05, 0) is 6.42 Å². The lowest BCUT2D eigenvalue weighted by Crippen LogP contribution is -2.13. The second kappa shape index (κ2) is 5.90. The molecule has 0 aliphatic rings. The largest absolute Gasteiger partial charge is 0.476 e. The van der Waals surface area contributed by atoms with E-state index in [1.165, 1.54) is 13.4 Å². The van der Waals surface area contributed by atoms with Gasteiger partial charge in [0, 0.05) is 10.7 Å². The molecule has 0 radical (unpaired) electrons. The molecule has 1 aromatic heterocycles. The monoisotopic (exact) mass is 303 g/mol. The fourth-order valence-corrected chi connectivity index (χ4v) is 1.80. The number of hydrogen-bond acceptors (Lipinski definition) is 5. The van der Waals surface area contributed by atoms with Crippen LogP contribution in [0, 0.1) is 10.1 Å². The summed E-state index contributed by atoms with van der Waals surface area (Å²) in [5, 5.41) is 11.0. The molecule has 0 bridgehead atoms. The van der Waals surface area contributed by atoms with Gasteiger partial charge in [-0.1, -0.05) is 29.8 Å². The van der Waals surface area contributed by atoms with E-state index in [1.54, 1.807) is 0 Å². The molecule has 2 atom stereocenters. The molecular weight excluding hydrogens is 290 g/mol. The molecule has 2 unspecified atom stereocenters. The molecule has 6 nitrogen and oxygen atoms in total. The van der Waals surface area contributed by atoms with Gasteiger partial charge in [0.2, 0.25) is 0 Å². The van der Waals surface area contributed by atoms with Crippen molar-refractivity contribution in [2.75, 3.05) is 7.11 Å². The Morgan fingerprint density at radius 1 is 1.59 bits per heavy atom. The highest BCUT2D eigenvalue weighted by Gasteiger charge is 2.29. The summed E-state index contributed by atoms with van der Waals surface area (Å²) in [6, 6.07) is 0. The van der Waals surface area contributed by atoms with Crippen LogP contribution in [0.3, 0.4) is 0 Å². The molecule has 1 aromatic rings. The van der Waals surface area contributed by atoms with Crippen LogP contribution in [-0.2, 0) is 0 Å². The summed E-state index contributed by atoms with van der Waals surface area (Å²) in [7, 11) is 1.36. The molecule has 0 fully saturated rings. The Balaban J connectivity index is 3.27. The number of methoxy groups -OCH3 is 1. The molecule has 1 rings (SSSR count). The molecule has 0 saturated heterocycles. The Kier molecular flexibility index (Phi) is 4.80. The van der Waals surface area contributed by atoms with Crippen LogP contribution in [-0.4, -0.2) is 26.8 Å². The number of ether oxygens (including phenoxy) is 1. The van der Waals surface area contributed by atoms with Crippen molar-refractivity contribution in [3.05, 3.63) is 22.1 Å². The number of halogens is 1. The quantitative estimate of drug-likeness (QED) is 0.475. The molecule has 1 heterocycles. The molecule has 0 saturated carbocycles. The highest BCUT2D eigenvalue weighted by atomic mass is 79.9. The Labute approximate surface area is 108 Å². The van der Waals surface area contributed by atoms with Crippen LogP contribution >= 0.6 is 15.9 Å². The molecule has 0 amide bonds. The lowest BCUT2D eigenvalue weighted by atomic mass is 10.0. The average Bonchev–Trinajstić information content (AvgIpc) is 2.35. The third kappa shape index (κ3) is 2.91. The first kappa shape index (κ1) is 13.8. The van der Waals surface area contributed by atoms with Crippen molar-refractivity contribution >= 4 is 21.6 Å². The van der Waals surface area contributed by atoms with E-state index in [1.807, 2.05) is 13.8 Å². The minimum absolute atomic E-state index is 0.00246. The number of alkyl halides is 1. The minimum Gasteiger partial charge on any atom is -0.476 e. The fraction of sp³-hybridized carbons (Fsp3) is 0.600. The predicted octanol–water partition coefficient (Wildman–Crippen LogP) is 2.67. The smallest absolute Gasteiger partial charge is 0.352 e. The van der Waals surface area contributed by atoms with E-state index in [0.717, 1.165) is 6.42 Å². The Morgan fingerprint density at radius 3 is 2.71 bits per heavy atom. The van der Waals surface area contributed by atoms with Gasteiger partial charge in [-0.25, -0.2) is 4.98 Å². The maximum Gasteiger partial charge on any atom is 0.352 e. The van der Waals surface area contributed by atoms with Gasteiger partial charge in [0.25, 0.3) is 5.88 Å². The lowest BCUT2D eigenvalue weighted by Gasteiger charge is -2.16. The zero-order chi connectivity index (χ0) is 13.0. The van der Waals surface area contributed by atoms with Crippen molar-refractivity contribution in [3.8, 4) is 5.88 Å². The van der Waals surface area contributed by atoms with Gasteiger partial charge >= 0.3 is 5.69 Å². The molecule has 17 heavy (non-hydrogen) atoms. The second-order valence-electron chi connectivity index (χ2n) is 3.59. The zero-order valence-electron chi connectivity index (χ0n) is 9.88. The first-order chi connectivity index (χ1) is 8.02. The standard InChI is InChI=1S/C10H14BrN3O3/c1-4-7(11)6(2)8-9(14(15)16)10(17-3)13-5-12-8/h5-7H,4H2,1-3H3. The van der Waals surface area contributed by atoms with E-state index in [9.17, 15) is 10.1 Å². The minimum atomic E-state index is -0.500. The SMILES string of the molecule is CCC(Br)C(C)c1ncnc(OC)c1[N+](=O)[O-]. The summed E-state index contributed by atoms with van der Waals surface area (Å²) in [5.74, 6) is -0.0834. The van der Waals surface area contributed by atoms with Crippen molar-refractivity contribution < 1.29 is 9.66 Å². The molecule has 94 valence electrons. The summed E-state index contributed by atoms with van der Waals surface area (Å²) in [4.78, 5) is 18.4. The van der Waals surface area contributed by atoms with Gasteiger partial charge in [-0.3, -0.25) is 10.1 Å². The maximum atomic E-state index is 11.0. The predicted molar refractivity (Wildman–Crippen MR) is 66.7 cm³/mol. The normalized spacial score (nSPS) is 14.1. The third-order valence-electron chi connectivity index (χ3n) is 2.56. The number of nitro groups is 1. The molecular formula is C10H14BrN3O3. The van der Waals surface area contributed by atoms with Crippen LogP contribution in [0.15, 0.2) is 6.33 Å². The van der Waals surface area contributed by atoms with Crippen LogP contribution < -0.4 is 4.74 Å². The highest BCUT2D eigenvalue weighted by Crippen LogP contribution is 2.35. The molecule has 0 spiro atoms. The van der Waals surface area contributed by atoms with Gasteiger partial charge in [-0.2, -0.15) is 4.98 Å². The summed E-state index contributed by atoms with van der Waals surface area (Å²) in [6.45, 7) is 3.89. The van der Waals surface area contributed by atoms with Gasteiger partial charge in [0.15, 0.2) is 0 Å². The highest BCUT2D eigenvalue weighted by molar-refractivity contribution is 9.09. The van der Waals surface area contributed by atoms with Crippen LogP contribution in [0.5, 0.6) is 5.88 Å². The summed E-state index contributed by atoms with van der Waals surface area (Å²) < 4.78 is 4.90. The van der Waals surface area contributed by atoms with Gasteiger partial charge in [-0.15, -0.1) is 0 Å². The topological polar surface area (TPSA) is 78.2 Å². The van der Waals surface area contributed by atoms with Crippen molar-refractivity contribution in [3.63, 3.8) is 0 Å². The van der Waals surface area contributed by atoms with E-state index in [2.05, 4.69) is 25.9 Å². The lowest BCUT2D eigenvalue weighted by molar-refractivity contribution is -0.387. The van der Waals surface area contributed by atoms with Crippen molar-refractivity contribution in [2.24, 2.45) is 0 Å². The van der Waals surface area contributed by atoms with Gasteiger partial charge in [0.05, 0.1) is 12.0 Å². The molecule has 0 aliphatic carbocycles. The molecule has 0 aromatic carbocycles. The third-order valence-corrected chi connectivity index (χ3v) is 4.00. The van der Waals surface area contributed by atoms with E-state index >= 15 is 0 Å². The van der Waals surface area contributed by atoms with Crippen LogP contribution in [0.4, 0.5) is 5.69 Å². The molecule has 0 N–H and O–H groups in total. The molecule has 0 aliphatic heterocycles. The van der Waals surface area contributed by atoms with E-state index in [0.29, 0.717) is 5.69 Å². The first-order valence-electron chi connectivity index (χ1n) is 5.20.